The van der Waals surface area contributed by atoms with Gasteiger partial charge < -0.3 is 14.2 Å². The van der Waals surface area contributed by atoms with Gasteiger partial charge in [0, 0.05) is 24.7 Å². The Morgan fingerprint density at radius 2 is 1.91 bits per heavy atom. The lowest BCUT2D eigenvalue weighted by atomic mass is 9.89. The molecule has 0 radical (unpaired) electrons. The number of ether oxygens (including phenoxy) is 3. The number of hydrogen-bond donors (Lipinski definition) is 0. The predicted molar refractivity (Wildman–Crippen MR) is 122 cm³/mol. The summed E-state index contributed by atoms with van der Waals surface area (Å²) < 4.78 is 17.9. The van der Waals surface area contributed by atoms with E-state index < -0.39 is 5.79 Å². The number of carbonyl (C=O) groups is 2. The monoisotopic (exact) mass is 440 g/mol. The van der Waals surface area contributed by atoms with Crippen LogP contribution in [0.15, 0.2) is 42.5 Å². The van der Waals surface area contributed by atoms with Gasteiger partial charge in [-0.3, -0.25) is 4.79 Å². The Hall–Kier alpha value is -1.98. The molecule has 5 atom stereocenters. The maximum atomic E-state index is 12.7. The average Bonchev–Trinajstić information content (AvgIpc) is 3.48. The van der Waals surface area contributed by atoms with Crippen LogP contribution in [0.3, 0.4) is 0 Å². The van der Waals surface area contributed by atoms with E-state index in [1.807, 2.05) is 31.2 Å². The second-order valence-corrected chi connectivity index (χ2v) is 9.72. The van der Waals surface area contributed by atoms with Gasteiger partial charge in [-0.1, -0.05) is 57.4 Å². The van der Waals surface area contributed by atoms with Crippen molar-refractivity contribution in [2.45, 2.75) is 70.7 Å². The molecule has 0 amide bonds. The second kappa shape index (κ2) is 10.3. The number of benzene rings is 1. The molecule has 1 saturated heterocycles. The fourth-order valence-electron chi connectivity index (χ4n) is 5.72. The highest BCUT2D eigenvalue weighted by molar-refractivity contribution is 5.91. The lowest BCUT2D eigenvalue weighted by Gasteiger charge is -2.26. The van der Waals surface area contributed by atoms with Crippen LogP contribution in [0, 0.1) is 23.7 Å². The molecule has 5 nitrogen and oxygen atoms in total. The van der Waals surface area contributed by atoms with E-state index in [2.05, 4.69) is 6.92 Å². The number of hydrogen-bond acceptors (Lipinski definition) is 5. The number of ketones is 1. The van der Waals surface area contributed by atoms with E-state index in [1.165, 1.54) is 0 Å². The zero-order chi connectivity index (χ0) is 22.6. The van der Waals surface area contributed by atoms with E-state index in [0.29, 0.717) is 30.6 Å². The van der Waals surface area contributed by atoms with Crippen LogP contribution in [0.25, 0.3) is 0 Å². The smallest absolute Gasteiger partial charge is 0.338 e. The van der Waals surface area contributed by atoms with Crippen LogP contribution in [-0.4, -0.2) is 36.9 Å². The molecule has 1 heterocycles. The first-order chi connectivity index (χ1) is 15.5. The van der Waals surface area contributed by atoms with Gasteiger partial charge in [0.15, 0.2) is 11.6 Å². The van der Waals surface area contributed by atoms with Crippen LogP contribution in [0.5, 0.6) is 0 Å². The Morgan fingerprint density at radius 3 is 2.62 bits per heavy atom. The summed E-state index contributed by atoms with van der Waals surface area (Å²) in [6, 6.07) is 9.12. The first-order valence-electron chi connectivity index (χ1n) is 12.3. The Kier molecular flexibility index (Phi) is 7.47. The normalized spacial score (nSPS) is 29.4. The van der Waals surface area contributed by atoms with Crippen LogP contribution in [0.2, 0.25) is 0 Å². The summed E-state index contributed by atoms with van der Waals surface area (Å²) in [7, 11) is 0. The third-order valence-electron chi connectivity index (χ3n) is 7.47. The van der Waals surface area contributed by atoms with Gasteiger partial charge in [0.05, 0.1) is 18.8 Å². The first-order valence-corrected chi connectivity index (χ1v) is 12.3. The standard InChI is InChI=1S/C27H36O5/c1-3-4-6-9-19(2)24(28)13-12-22-23-18-27(30-14-15-31-27)17-21(23)16-25(22)32-26(29)20-10-7-5-8-11-20/h5,7-8,10-13,19,21-23,25H,3-4,6,9,14-18H2,1-2H3/t19?,21-,22-,23+,25-/m1/s1. The van der Waals surface area contributed by atoms with Gasteiger partial charge in [-0.25, -0.2) is 4.79 Å². The SMILES string of the molecule is CCCCCC(C)C(=O)C=C[C@@H]1[C@H]2CC3(C[C@H]2C[C@H]1OC(=O)c1ccccc1)OCCO3. The molecule has 2 aliphatic carbocycles. The zero-order valence-corrected chi connectivity index (χ0v) is 19.3. The van der Waals surface area contributed by atoms with Gasteiger partial charge in [-0.2, -0.15) is 0 Å². The number of unbranched alkanes of at least 4 members (excludes halogenated alkanes) is 2. The van der Waals surface area contributed by atoms with E-state index >= 15 is 0 Å². The van der Waals surface area contributed by atoms with Crippen molar-refractivity contribution in [3.8, 4) is 0 Å². The number of carbonyl (C=O) groups excluding carboxylic acids is 2. The van der Waals surface area contributed by atoms with Crippen molar-refractivity contribution in [1.82, 2.24) is 0 Å². The summed E-state index contributed by atoms with van der Waals surface area (Å²) in [5.74, 6) is 0.0841. The van der Waals surface area contributed by atoms with Crippen molar-refractivity contribution in [2.24, 2.45) is 23.7 Å². The van der Waals surface area contributed by atoms with Crippen molar-refractivity contribution >= 4 is 11.8 Å². The van der Waals surface area contributed by atoms with E-state index in [4.69, 9.17) is 14.2 Å². The average molecular weight is 441 g/mol. The highest BCUT2D eigenvalue weighted by Gasteiger charge is 2.57. The topological polar surface area (TPSA) is 61.8 Å². The van der Waals surface area contributed by atoms with Crippen molar-refractivity contribution in [3.05, 3.63) is 48.0 Å². The van der Waals surface area contributed by atoms with Gasteiger partial charge in [-0.15, -0.1) is 0 Å². The molecule has 0 N–H and O–H groups in total. The quantitative estimate of drug-likeness (QED) is 0.295. The highest BCUT2D eigenvalue weighted by Crippen LogP contribution is 2.55. The van der Waals surface area contributed by atoms with E-state index in [0.717, 1.165) is 44.9 Å². The third-order valence-corrected chi connectivity index (χ3v) is 7.47. The molecule has 1 aliphatic heterocycles. The second-order valence-electron chi connectivity index (χ2n) is 9.72. The Morgan fingerprint density at radius 1 is 1.16 bits per heavy atom. The Labute approximate surface area is 191 Å². The largest absolute Gasteiger partial charge is 0.458 e. The minimum Gasteiger partial charge on any atom is -0.458 e. The van der Waals surface area contributed by atoms with E-state index in [-0.39, 0.29) is 29.7 Å². The molecule has 1 unspecified atom stereocenters. The van der Waals surface area contributed by atoms with Gasteiger partial charge in [-0.05, 0) is 42.9 Å². The lowest BCUT2D eigenvalue weighted by Crippen LogP contribution is -2.31. The van der Waals surface area contributed by atoms with Crippen molar-refractivity contribution in [3.63, 3.8) is 0 Å². The van der Waals surface area contributed by atoms with Crippen molar-refractivity contribution in [1.29, 1.82) is 0 Å². The molecular formula is C27H36O5. The van der Waals surface area contributed by atoms with E-state index in [9.17, 15) is 9.59 Å². The summed E-state index contributed by atoms with van der Waals surface area (Å²) >= 11 is 0. The minimum absolute atomic E-state index is 0.00614. The summed E-state index contributed by atoms with van der Waals surface area (Å²) in [6.45, 7) is 5.46. The maximum absolute atomic E-state index is 12.7. The zero-order valence-electron chi connectivity index (χ0n) is 19.3. The highest BCUT2D eigenvalue weighted by atomic mass is 16.7. The Balaban J connectivity index is 1.46. The molecule has 4 rings (SSSR count). The maximum Gasteiger partial charge on any atom is 0.338 e. The van der Waals surface area contributed by atoms with Gasteiger partial charge >= 0.3 is 5.97 Å². The summed E-state index contributed by atoms with van der Waals surface area (Å²) in [5, 5.41) is 0. The molecule has 174 valence electrons. The molecule has 5 heteroatoms. The molecule has 32 heavy (non-hydrogen) atoms. The predicted octanol–water partition coefficient (Wildman–Crippen LogP) is 5.34. The number of rotatable bonds is 9. The molecule has 0 bridgehead atoms. The fraction of sp³-hybridized carbons (Fsp3) is 0.630. The van der Waals surface area contributed by atoms with E-state index in [1.54, 1.807) is 18.2 Å². The first kappa shape index (κ1) is 23.2. The minimum atomic E-state index is -0.479. The molecule has 3 fully saturated rings. The number of fused-ring (bicyclic) bond motifs is 1. The number of allylic oxidation sites excluding steroid dienone is 1. The molecule has 1 spiro atoms. The molecule has 3 aliphatic rings. The number of esters is 1. The molecule has 1 aromatic carbocycles. The summed E-state index contributed by atoms with van der Waals surface area (Å²) in [5.41, 5.74) is 0.562. The summed E-state index contributed by atoms with van der Waals surface area (Å²) in [4.78, 5) is 25.5. The molecular weight excluding hydrogens is 404 g/mol. The van der Waals surface area contributed by atoms with Crippen molar-refractivity contribution in [2.75, 3.05) is 13.2 Å². The van der Waals surface area contributed by atoms with Crippen LogP contribution in [-0.2, 0) is 19.0 Å². The van der Waals surface area contributed by atoms with Crippen LogP contribution >= 0.6 is 0 Å². The van der Waals surface area contributed by atoms with Gasteiger partial charge in [0.2, 0.25) is 0 Å². The summed E-state index contributed by atoms with van der Waals surface area (Å²) in [6.07, 6.45) is 10.3. The molecule has 0 aromatic heterocycles. The third kappa shape index (κ3) is 5.15. The fourth-order valence-corrected chi connectivity index (χ4v) is 5.72. The van der Waals surface area contributed by atoms with Crippen LogP contribution < -0.4 is 0 Å². The van der Waals surface area contributed by atoms with Gasteiger partial charge in [0.1, 0.15) is 6.10 Å². The molecule has 1 aromatic rings. The lowest BCUT2D eigenvalue weighted by molar-refractivity contribution is -0.157. The van der Waals surface area contributed by atoms with Crippen LogP contribution in [0.4, 0.5) is 0 Å². The van der Waals surface area contributed by atoms with Crippen molar-refractivity contribution < 1.29 is 23.8 Å². The van der Waals surface area contributed by atoms with Crippen LogP contribution in [0.1, 0.15) is 69.2 Å². The molecule has 2 saturated carbocycles. The Bertz CT molecular complexity index is 811. The van der Waals surface area contributed by atoms with Gasteiger partial charge in [0.25, 0.3) is 0 Å².